The number of carbonyl (C=O) groups is 7. The molecule has 79 heavy (non-hydrogen) atoms. The first-order valence-corrected chi connectivity index (χ1v) is 29.3. The van der Waals surface area contributed by atoms with E-state index < -0.39 is 82.7 Å². The Morgan fingerprint density at radius 2 is 1.04 bits per heavy atom. The number of aromatic nitrogens is 2. The van der Waals surface area contributed by atoms with Gasteiger partial charge in [0.25, 0.3) is 0 Å². The Labute approximate surface area is 478 Å². The molecule has 19 heteroatoms. The zero-order valence-corrected chi connectivity index (χ0v) is 50.0. The van der Waals surface area contributed by atoms with Gasteiger partial charge in [0.15, 0.2) is 23.1 Å². The molecule has 2 saturated carbocycles. The van der Waals surface area contributed by atoms with Crippen LogP contribution < -0.4 is 15.2 Å². The number of amides is 2. The van der Waals surface area contributed by atoms with Gasteiger partial charge in [-0.25, -0.2) is 9.97 Å². The number of aliphatic hydroxyl groups excluding tert-OH is 2. The minimum absolute atomic E-state index is 0.0243. The first-order chi connectivity index (χ1) is 36.9. The Morgan fingerprint density at radius 3 is 1.37 bits per heavy atom. The van der Waals surface area contributed by atoms with E-state index in [1.54, 1.807) is 45.0 Å². The normalized spacial score (nSPS) is 21.9. The quantitative estimate of drug-likeness (QED) is 0.0743. The van der Waals surface area contributed by atoms with Gasteiger partial charge in [0.2, 0.25) is 23.6 Å². The van der Waals surface area contributed by atoms with E-state index in [1.807, 2.05) is 55.4 Å². The molecular formula is C60H89Cl2N5O12. The van der Waals surface area contributed by atoms with E-state index in [0.717, 1.165) is 32.1 Å². The lowest BCUT2D eigenvalue weighted by molar-refractivity contribution is -0.161. The van der Waals surface area contributed by atoms with E-state index >= 15 is 0 Å². The first kappa shape index (κ1) is 65.3. The smallest absolute Gasteiger partial charge is 0.307 e. The Balaban J connectivity index is 0.000000295. The third kappa shape index (κ3) is 20.1. The standard InChI is InChI=1S/C33H49ClN2O7.C27H40ClN3O5/c1-8-9-21(30(40)27(38)14-20-10-11-20)15-26(37)25-16-23(42-28-13-12-22(34)18-35-28)19-36(25)31(41)24(32(2,3)4)17-29(39)43-33(5,6)7;1-5-6-17(24(34)22(33)11-16-7-8-16)12-21(32)20-13-19(36-23-10-9-18(28)14-30-23)15-31(20)26(35)25(29)27(2,3)4/h12-13,18,20-21,23-25,30,40H,8-11,14-17,19H2,1-7H3;9-10,14,16-17,19-20,24-25,34H,5-8,11-13,15,29H2,1-4H3/t21-,23-,24-,25+,30?;17-,19-,20+,24?,25-/m11/s1. The molecule has 2 aliphatic carbocycles. The molecule has 17 nitrogen and oxygen atoms in total. The largest absolute Gasteiger partial charge is 0.472 e. The summed E-state index contributed by atoms with van der Waals surface area (Å²) >= 11 is 11.9. The van der Waals surface area contributed by atoms with Crippen LogP contribution in [0.15, 0.2) is 36.7 Å². The van der Waals surface area contributed by atoms with Crippen LogP contribution in [0.1, 0.15) is 172 Å². The topological polar surface area (TPSA) is 246 Å². The highest BCUT2D eigenvalue weighted by Crippen LogP contribution is 2.38. The highest BCUT2D eigenvalue weighted by molar-refractivity contribution is 6.30. The molecule has 2 aromatic heterocycles. The SMILES string of the molecule is CCC[C@H](CC(=O)[C@@H]1C[C@@H](Oc2ccc(Cl)cn2)CN1C(=O)[C@@H](CC(=O)OC(C)(C)C)C(C)(C)C)C(O)C(=O)CC1CC1.CCC[C@H](CC(=O)[C@@H]1C[C@@H](Oc2ccc(Cl)cn2)CN1C(=O)[C@@H](N)C(C)(C)C)C(O)C(=O)CC1CC1. The van der Waals surface area contributed by atoms with Gasteiger partial charge in [-0.05, 0) is 106 Å². The molecule has 4 N–H and O–H groups in total. The summed E-state index contributed by atoms with van der Waals surface area (Å²) in [4.78, 5) is 105. The van der Waals surface area contributed by atoms with Gasteiger partial charge in [-0.1, -0.05) is 91.4 Å². The van der Waals surface area contributed by atoms with E-state index in [0.29, 0.717) is 65.7 Å². The number of pyridine rings is 2. The van der Waals surface area contributed by atoms with Gasteiger partial charge in [-0.3, -0.25) is 33.6 Å². The number of nitrogens with zero attached hydrogens (tertiary/aromatic N) is 4. The number of likely N-dealkylation sites (tertiary alicyclic amines) is 2. The lowest BCUT2D eigenvalue weighted by Crippen LogP contribution is -2.53. The maximum absolute atomic E-state index is 14.2. The fraction of sp³-hybridized carbons (Fsp3) is 0.717. The number of rotatable bonds is 26. The van der Waals surface area contributed by atoms with Gasteiger partial charge in [-0.2, -0.15) is 0 Å². The predicted octanol–water partition coefficient (Wildman–Crippen LogP) is 9.15. The van der Waals surface area contributed by atoms with Crippen molar-refractivity contribution in [3.63, 3.8) is 0 Å². The number of hydrogen-bond donors (Lipinski definition) is 3. The van der Waals surface area contributed by atoms with Crippen LogP contribution in [0.2, 0.25) is 10.0 Å². The molecule has 2 aliphatic heterocycles. The fourth-order valence-corrected chi connectivity index (χ4v) is 10.6. The second-order valence-corrected chi connectivity index (χ2v) is 26.6. The van der Waals surface area contributed by atoms with Crippen LogP contribution in [0.3, 0.4) is 0 Å². The van der Waals surface area contributed by atoms with Crippen molar-refractivity contribution in [1.29, 1.82) is 0 Å². The minimum Gasteiger partial charge on any atom is -0.472 e. The van der Waals surface area contributed by atoms with Crippen LogP contribution in [0.5, 0.6) is 11.8 Å². The number of carbonyl (C=O) groups excluding carboxylic acids is 7. The molecule has 4 heterocycles. The molecule has 2 saturated heterocycles. The molecule has 0 radical (unpaired) electrons. The Morgan fingerprint density at radius 1 is 0.633 bits per heavy atom. The van der Waals surface area contributed by atoms with Crippen LogP contribution in [0, 0.1) is 40.4 Å². The van der Waals surface area contributed by atoms with Gasteiger partial charge in [0, 0.05) is 63.1 Å². The van der Waals surface area contributed by atoms with Crippen molar-refractivity contribution in [3.8, 4) is 11.8 Å². The van der Waals surface area contributed by atoms with Gasteiger partial charge in [0.1, 0.15) is 30.0 Å². The van der Waals surface area contributed by atoms with E-state index in [-0.39, 0.29) is 80.1 Å². The summed E-state index contributed by atoms with van der Waals surface area (Å²) in [7, 11) is 0. The summed E-state index contributed by atoms with van der Waals surface area (Å²) in [6, 6.07) is 4.21. The molecular weight excluding hydrogens is 1050 g/mol. The molecule has 0 bridgehead atoms. The van der Waals surface area contributed by atoms with Crippen molar-refractivity contribution in [2.45, 2.75) is 221 Å². The van der Waals surface area contributed by atoms with Crippen LogP contribution in [-0.4, -0.2) is 132 Å². The number of aliphatic hydroxyl groups is 2. The number of esters is 1. The van der Waals surface area contributed by atoms with Gasteiger partial charge in [0.05, 0.1) is 53.6 Å². The van der Waals surface area contributed by atoms with Gasteiger partial charge in [-0.15, -0.1) is 0 Å². The molecule has 2 aromatic rings. The Kier molecular flexibility index (Phi) is 23.5. The van der Waals surface area contributed by atoms with Crippen LogP contribution in [0.4, 0.5) is 0 Å². The number of hydrogen-bond acceptors (Lipinski definition) is 15. The number of ether oxygens (including phenoxy) is 3. The van der Waals surface area contributed by atoms with Crippen LogP contribution in [-0.2, 0) is 38.3 Å². The number of ketones is 4. The third-order valence-corrected chi connectivity index (χ3v) is 15.8. The molecule has 6 rings (SSSR count). The summed E-state index contributed by atoms with van der Waals surface area (Å²) in [6.07, 6.45) is 7.21. The number of Topliss-reactive ketones (excluding diaryl/α,β-unsaturated/α-hetero) is 4. The second-order valence-electron chi connectivity index (χ2n) is 25.7. The van der Waals surface area contributed by atoms with Gasteiger partial charge >= 0.3 is 5.97 Å². The van der Waals surface area contributed by atoms with Crippen LogP contribution in [0.25, 0.3) is 0 Å². The summed E-state index contributed by atoms with van der Waals surface area (Å²) in [5.74, 6) is -2.31. The monoisotopic (exact) mass is 1140 g/mol. The van der Waals surface area contributed by atoms with Crippen molar-refractivity contribution in [1.82, 2.24) is 19.8 Å². The summed E-state index contributed by atoms with van der Waals surface area (Å²) in [6.45, 7) is 20.9. The lowest BCUT2D eigenvalue weighted by Gasteiger charge is -2.35. The zero-order chi connectivity index (χ0) is 58.7. The Bertz CT molecular complexity index is 2400. The summed E-state index contributed by atoms with van der Waals surface area (Å²) in [5, 5.41) is 22.6. The van der Waals surface area contributed by atoms with Gasteiger partial charge < -0.3 is 40.0 Å². The van der Waals surface area contributed by atoms with Crippen molar-refractivity contribution in [2.75, 3.05) is 13.1 Å². The van der Waals surface area contributed by atoms with Crippen molar-refractivity contribution >= 4 is 64.1 Å². The molecule has 0 aromatic carbocycles. The highest BCUT2D eigenvalue weighted by atomic mass is 35.5. The average Bonchev–Trinajstić information content (AvgIpc) is 4.29. The highest BCUT2D eigenvalue weighted by Gasteiger charge is 2.48. The number of halogens is 2. The predicted molar refractivity (Wildman–Crippen MR) is 301 cm³/mol. The van der Waals surface area contributed by atoms with Crippen LogP contribution >= 0.6 is 23.2 Å². The van der Waals surface area contributed by atoms with E-state index in [9.17, 15) is 43.8 Å². The number of nitrogens with two attached hydrogens (primary N) is 1. The molecule has 2 amide bonds. The molecule has 0 spiro atoms. The lowest BCUT2D eigenvalue weighted by atomic mass is 9.77. The maximum Gasteiger partial charge on any atom is 0.307 e. The zero-order valence-electron chi connectivity index (χ0n) is 48.5. The van der Waals surface area contributed by atoms with E-state index in [1.165, 1.54) is 22.2 Å². The summed E-state index contributed by atoms with van der Waals surface area (Å²) in [5.41, 5.74) is 4.49. The Hall–Kier alpha value is -4.55. The molecule has 4 fully saturated rings. The molecule has 10 atom stereocenters. The average molecular weight is 1140 g/mol. The van der Waals surface area contributed by atoms with Crippen molar-refractivity contribution in [3.05, 3.63) is 46.7 Å². The van der Waals surface area contributed by atoms with Crippen molar-refractivity contribution in [2.24, 2.45) is 46.2 Å². The fourth-order valence-electron chi connectivity index (χ4n) is 10.4. The second kappa shape index (κ2) is 28.4. The molecule has 440 valence electrons. The molecule has 2 unspecified atom stereocenters. The molecule has 4 aliphatic rings. The van der Waals surface area contributed by atoms with E-state index in [4.69, 9.17) is 43.1 Å². The first-order valence-electron chi connectivity index (χ1n) is 28.5. The van der Waals surface area contributed by atoms with E-state index in [2.05, 4.69) is 9.97 Å². The van der Waals surface area contributed by atoms with Crippen molar-refractivity contribution < 1.29 is 58.0 Å². The minimum atomic E-state index is -1.21. The summed E-state index contributed by atoms with van der Waals surface area (Å²) < 4.78 is 17.6. The maximum atomic E-state index is 14.2. The third-order valence-electron chi connectivity index (χ3n) is 15.3.